The van der Waals surface area contributed by atoms with Crippen LogP contribution in [0.25, 0.3) is 33.4 Å². The summed E-state index contributed by atoms with van der Waals surface area (Å²) in [5.41, 5.74) is 7.45. The average molecular weight is 733 g/mol. The normalized spacial score (nSPS) is 17.8. The van der Waals surface area contributed by atoms with Crippen molar-refractivity contribution in [1.82, 2.24) is 19.8 Å². The Balaban J connectivity index is 1.12. The second-order valence-electron chi connectivity index (χ2n) is 14.6. The molecule has 0 unspecified atom stereocenters. The van der Waals surface area contributed by atoms with Crippen LogP contribution in [0, 0.1) is 0 Å². The highest BCUT2D eigenvalue weighted by molar-refractivity contribution is 7.91. The number of sulfone groups is 1. The number of aromatic nitrogens is 2. The zero-order valence-electron chi connectivity index (χ0n) is 30.3. The molecule has 2 N–H and O–H groups in total. The van der Waals surface area contributed by atoms with E-state index in [0.29, 0.717) is 50.2 Å². The fourth-order valence-electron chi connectivity index (χ4n) is 8.52. The number of benzene rings is 3. The number of anilines is 2. The fourth-order valence-corrected chi connectivity index (χ4v) is 9.59. The molecule has 0 aliphatic carbocycles. The molecule has 3 aromatic carbocycles. The molecule has 0 radical (unpaired) electrons. The second kappa shape index (κ2) is 13.7. The third-order valence-electron chi connectivity index (χ3n) is 11.4. The number of methoxy groups -OCH3 is 1. The van der Waals surface area contributed by atoms with Crippen molar-refractivity contribution in [3.63, 3.8) is 0 Å². The number of aromatic amines is 1. The number of carbonyl (C=O) groups is 2. The van der Waals surface area contributed by atoms with Gasteiger partial charge < -0.3 is 24.8 Å². The summed E-state index contributed by atoms with van der Waals surface area (Å²) in [6.45, 7) is 3.12. The number of ether oxygens (including phenoxy) is 1. The highest BCUT2D eigenvalue weighted by atomic mass is 32.2. The molecule has 11 nitrogen and oxygen atoms in total. The molecule has 53 heavy (non-hydrogen) atoms. The minimum Gasteiger partial charge on any atom is -0.497 e. The van der Waals surface area contributed by atoms with Crippen LogP contribution in [0.5, 0.6) is 5.75 Å². The van der Waals surface area contributed by atoms with Crippen LogP contribution >= 0.6 is 0 Å². The zero-order chi connectivity index (χ0) is 36.9. The summed E-state index contributed by atoms with van der Waals surface area (Å²) in [6, 6.07) is 25.8. The first kappa shape index (κ1) is 34.9. The van der Waals surface area contributed by atoms with Crippen LogP contribution in [-0.2, 0) is 26.6 Å². The molecule has 0 atom stereocenters. The van der Waals surface area contributed by atoms with Crippen molar-refractivity contribution in [1.29, 1.82) is 0 Å². The Labute approximate surface area is 309 Å². The van der Waals surface area contributed by atoms with Crippen molar-refractivity contribution >= 4 is 44.2 Å². The molecule has 3 amide bonds. The van der Waals surface area contributed by atoms with Gasteiger partial charge in [-0.3, -0.25) is 9.69 Å². The number of urea groups is 1. The molecular formula is C41H44N6O5S. The van der Waals surface area contributed by atoms with E-state index >= 15 is 0 Å². The number of carbonyl (C=O) groups excluding carboxylic acids is 2. The number of H-pyrrole nitrogens is 1. The lowest BCUT2D eigenvalue weighted by atomic mass is 9.72. The van der Waals surface area contributed by atoms with Crippen LogP contribution in [0.2, 0.25) is 0 Å². The van der Waals surface area contributed by atoms with Gasteiger partial charge in [0.05, 0.1) is 35.4 Å². The van der Waals surface area contributed by atoms with Gasteiger partial charge in [0.25, 0.3) is 0 Å². The number of nitrogens with one attached hydrogen (secondary N) is 2. The molecule has 12 heteroatoms. The lowest BCUT2D eigenvalue weighted by molar-refractivity contribution is -0.124. The summed E-state index contributed by atoms with van der Waals surface area (Å²) in [5, 5.41) is 3.68. The summed E-state index contributed by atoms with van der Waals surface area (Å²) in [7, 11) is 0.403. The topological polar surface area (TPSA) is 128 Å². The molecule has 3 aliphatic heterocycles. The number of rotatable bonds is 7. The molecule has 2 fully saturated rings. The van der Waals surface area contributed by atoms with Gasteiger partial charge in [0.2, 0.25) is 5.91 Å². The summed E-state index contributed by atoms with van der Waals surface area (Å²) in [6.07, 6.45) is 5.44. The van der Waals surface area contributed by atoms with Gasteiger partial charge in [-0.15, -0.1) is 0 Å². The standard InChI is InChI=1S/C41H44N6O5S/c1-45-33-25-42-38-35(36(33)41(39(45)48)18-22-47(23-19-41)40(49)43-30-10-7-11-31(24-30)52-2)34(28-8-5-4-6-9-28)37(44-38)29-14-12-27(13-15-29)26-46-20-16-32(17-21-46)53(3,50)51/h4-15,24-25,32H,16-23,26H2,1-3H3,(H,42,44)(H,43,49). The highest BCUT2D eigenvalue weighted by Gasteiger charge is 2.53. The molecule has 5 aromatic rings. The number of amides is 3. The monoisotopic (exact) mass is 732 g/mol. The molecule has 274 valence electrons. The lowest BCUT2D eigenvalue weighted by Crippen LogP contribution is -2.50. The lowest BCUT2D eigenvalue weighted by Gasteiger charge is -2.38. The van der Waals surface area contributed by atoms with E-state index in [1.807, 2.05) is 43.4 Å². The number of nitrogens with zero attached hydrogens (tertiary/aromatic N) is 4. The van der Waals surface area contributed by atoms with Crippen molar-refractivity contribution in [2.75, 3.05) is 56.8 Å². The van der Waals surface area contributed by atoms with Crippen molar-refractivity contribution in [3.05, 3.63) is 96.2 Å². The largest absolute Gasteiger partial charge is 0.497 e. The molecule has 8 rings (SSSR count). The minimum absolute atomic E-state index is 0.0290. The van der Waals surface area contributed by atoms with Crippen LogP contribution in [0.15, 0.2) is 85.1 Å². The predicted octanol–water partition coefficient (Wildman–Crippen LogP) is 6.46. The van der Waals surface area contributed by atoms with Crippen molar-refractivity contribution in [2.24, 2.45) is 0 Å². The number of hydrogen-bond donors (Lipinski definition) is 2. The predicted molar refractivity (Wildman–Crippen MR) is 208 cm³/mol. The smallest absolute Gasteiger partial charge is 0.321 e. The van der Waals surface area contributed by atoms with E-state index < -0.39 is 15.3 Å². The van der Waals surface area contributed by atoms with E-state index in [1.165, 1.54) is 6.26 Å². The van der Waals surface area contributed by atoms with Gasteiger partial charge in [0, 0.05) is 61.2 Å². The number of piperidine rings is 2. The van der Waals surface area contributed by atoms with Crippen molar-refractivity contribution in [2.45, 2.75) is 42.9 Å². The summed E-state index contributed by atoms with van der Waals surface area (Å²) >= 11 is 0. The molecule has 5 heterocycles. The van der Waals surface area contributed by atoms with E-state index in [1.54, 1.807) is 29.2 Å². The Hall–Kier alpha value is -5.20. The number of pyridine rings is 1. The van der Waals surface area contributed by atoms with Gasteiger partial charge in [-0.2, -0.15) is 0 Å². The first-order chi connectivity index (χ1) is 25.6. The molecule has 0 saturated carbocycles. The molecule has 2 aromatic heterocycles. The van der Waals surface area contributed by atoms with Crippen LogP contribution in [0.3, 0.4) is 0 Å². The number of likely N-dealkylation sites (tertiary alicyclic amines) is 2. The third-order valence-corrected chi connectivity index (χ3v) is 13.1. The van der Waals surface area contributed by atoms with Crippen LogP contribution < -0.4 is 15.0 Å². The average Bonchev–Trinajstić information content (AvgIpc) is 3.65. The molecule has 1 spiro atoms. The van der Waals surface area contributed by atoms with E-state index in [9.17, 15) is 18.0 Å². The van der Waals surface area contributed by atoms with Gasteiger partial charge in [-0.1, -0.05) is 60.7 Å². The summed E-state index contributed by atoms with van der Waals surface area (Å²) < 4.78 is 29.4. The summed E-state index contributed by atoms with van der Waals surface area (Å²) in [5.74, 6) is 0.690. The first-order valence-electron chi connectivity index (χ1n) is 18.1. The molecule has 2 saturated heterocycles. The van der Waals surface area contributed by atoms with Gasteiger partial charge >= 0.3 is 6.03 Å². The van der Waals surface area contributed by atoms with Gasteiger partial charge in [-0.25, -0.2) is 18.2 Å². The van der Waals surface area contributed by atoms with E-state index in [-0.39, 0.29) is 17.2 Å². The van der Waals surface area contributed by atoms with Crippen LogP contribution in [0.1, 0.15) is 36.8 Å². The van der Waals surface area contributed by atoms with E-state index in [0.717, 1.165) is 69.9 Å². The Kier molecular flexibility index (Phi) is 8.98. The van der Waals surface area contributed by atoms with Gasteiger partial charge in [0.15, 0.2) is 0 Å². The molecule has 0 bridgehead atoms. The van der Waals surface area contributed by atoms with E-state index in [2.05, 4.69) is 51.6 Å². The van der Waals surface area contributed by atoms with E-state index in [4.69, 9.17) is 9.72 Å². The Bertz CT molecular complexity index is 2290. The van der Waals surface area contributed by atoms with Gasteiger partial charge in [0.1, 0.15) is 21.2 Å². The first-order valence-corrected chi connectivity index (χ1v) is 20.1. The number of fused-ring (bicyclic) bond motifs is 4. The number of likely N-dealkylation sites (N-methyl/N-ethyl adjacent to an activating group) is 1. The number of hydrogen-bond acceptors (Lipinski definition) is 7. The Morgan fingerprint density at radius 1 is 0.962 bits per heavy atom. The fraction of sp³-hybridized carbons (Fsp3) is 0.341. The molecular weight excluding hydrogens is 689 g/mol. The van der Waals surface area contributed by atoms with Crippen LogP contribution in [-0.4, -0.2) is 92.0 Å². The minimum atomic E-state index is -3.01. The molecule has 3 aliphatic rings. The van der Waals surface area contributed by atoms with Crippen molar-refractivity contribution in [3.8, 4) is 28.1 Å². The second-order valence-corrected chi connectivity index (χ2v) is 16.9. The SMILES string of the molecule is COc1cccc(NC(=O)N2CCC3(CC2)C(=O)N(C)c2cnc4[nH]c(-c5ccc(CN6CCC(S(C)(=O)=O)CC6)cc5)c(-c5ccccc5)c4c23)c1. The Morgan fingerprint density at radius 2 is 1.68 bits per heavy atom. The maximum absolute atomic E-state index is 14.3. The maximum atomic E-state index is 14.3. The maximum Gasteiger partial charge on any atom is 0.321 e. The highest BCUT2D eigenvalue weighted by Crippen LogP contribution is 2.53. The third kappa shape index (κ3) is 6.33. The zero-order valence-corrected chi connectivity index (χ0v) is 31.1. The summed E-state index contributed by atoms with van der Waals surface area (Å²) in [4.78, 5) is 42.1. The van der Waals surface area contributed by atoms with Gasteiger partial charge in [-0.05, 0) is 67.6 Å². The van der Waals surface area contributed by atoms with Crippen molar-refractivity contribution < 1.29 is 22.7 Å². The quantitative estimate of drug-likeness (QED) is 0.197. The van der Waals surface area contributed by atoms with Crippen LogP contribution in [0.4, 0.5) is 16.2 Å². The Morgan fingerprint density at radius 3 is 2.36 bits per heavy atom.